The molecule has 2 aliphatic rings. The van der Waals surface area contributed by atoms with Crippen LogP contribution >= 0.6 is 11.3 Å². The first kappa shape index (κ1) is 6.66. The Morgan fingerprint density at radius 2 is 2.50 bits per heavy atom. The summed E-state index contributed by atoms with van der Waals surface area (Å²) in [5, 5.41) is 2.08. The van der Waals surface area contributed by atoms with Crippen molar-refractivity contribution in [2.24, 2.45) is 5.92 Å². The SMILES string of the molecule is O=C1OC2CC1Cc1sccc12. The molecule has 0 N–H and O–H groups in total. The molecule has 62 valence electrons. The van der Waals surface area contributed by atoms with Crippen molar-refractivity contribution < 1.29 is 9.53 Å². The van der Waals surface area contributed by atoms with Gasteiger partial charge >= 0.3 is 5.97 Å². The third-order valence-corrected chi connectivity index (χ3v) is 3.61. The molecule has 2 heterocycles. The number of ether oxygens (including phenoxy) is 1. The number of carbonyl (C=O) groups is 1. The normalized spacial score (nSPS) is 31.5. The van der Waals surface area contributed by atoms with Crippen molar-refractivity contribution in [3.05, 3.63) is 21.9 Å². The zero-order valence-electron chi connectivity index (χ0n) is 6.45. The van der Waals surface area contributed by atoms with Crippen molar-refractivity contribution in [2.75, 3.05) is 0 Å². The highest BCUT2D eigenvalue weighted by molar-refractivity contribution is 7.10. The second kappa shape index (κ2) is 2.10. The lowest BCUT2D eigenvalue weighted by Gasteiger charge is -2.14. The Labute approximate surface area is 74.2 Å². The maximum Gasteiger partial charge on any atom is 0.310 e. The van der Waals surface area contributed by atoms with E-state index in [2.05, 4.69) is 11.4 Å². The monoisotopic (exact) mass is 180 g/mol. The average molecular weight is 180 g/mol. The van der Waals surface area contributed by atoms with Crippen LogP contribution in [-0.2, 0) is 16.0 Å². The molecule has 0 spiro atoms. The van der Waals surface area contributed by atoms with Gasteiger partial charge in [-0.25, -0.2) is 0 Å². The number of thiophene rings is 1. The van der Waals surface area contributed by atoms with Gasteiger partial charge < -0.3 is 4.74 Å². The van der Waals surface area contributed by atoms with Crippen molar-refractivity contribution in [3.8, 4) is 0 Å². The highest BCUT2D eigenvalue weighted by atomic mass is 32.1. The molecule has 1 saturated heterocycles. The molecule has 1 aliphatic heterocycles. The average Bonchev–Trinajstić information content (AvgIpc) is 2.60. The van der Waals surface area contributed by atoms with Gasteiger partial charge in [-0.1, -0.05) is 0 Å². The fourth-order valence-electron chi connectivity index (χ4n) is 2.02. The van der Waals surface area contributed by atoms with Crippen LogP contribution in [0.3, 0.4) is 0 Å². The van der Waals surface area contributed by atoms with Gasteiger partial charge in [0.15, 0.2) is 0 Å². The number of rotatable bonds is 0. The highest BCUT2D eigenvalue weighted by Crippen LogP contribution is 2.43. The summed E-state index contributed by atoms with van der Waals surface area (Å²) in [5.41, 5.74) is 1.25. The highest BCUT2D eigenvalue weighted by Gasteiger charge is 2.41. The first-order valence-electron chi connectivity index (χ1n) is 4.11. The Bertz CT molecular complexity index is 342. The predicted molar refractivity (Wildman–Crippen MR) is 45.0 cm³/mol. The predicted octanol–water partition coefficient (Wildman–Crippen LogP) is 1.91. The van der Waals surface area contributed by atoms with Gasteiger partial charge in [0.25, 0.3) is 0 Å². The van der Waals surface area contributed by atoms with Crippen molar-refractivity contribution in [1.29, 1.82) is 0 Å². The third-order valence-electron chi connectivity index (χ3n) is 2.65. The van der Waals surface area contributed by atoms with Gasteiger partial charge in [-0.05, 0) is 17.9 Å². The number of hydrogen-bond acceptors (Lipinski definition) is 3. The van der Waals surface area contributed by atoms with E-state index in [1.54, 1.807) is 11.3 Å². The van der Waals surface area contributed by atoms with E-state index >= 15 is 0 Å². The fraction of sp³-hybridized carbons (Fsp3) is 0.444. The molecule has 0 radical (unpaired) electrons. The minimum atomic E-state index is 0.00315. The third kappa shape index (κ3) is 0.719. The van der Waals surface area contributed by atoms with Crippen LogP contribution in [-0.4, -0.2) is 5.97 Å². The largest absolute Gasteiger partial charge is 0.457 e. The molecule has 12 heavy (non-hydrogen) atoms. The topological polar surface area (TPSA) is 26.3 Å². The quantitative estimate of drug-likeness (QED) is 0.570. The minimum Gasteiger partial charge on any atom is -0.457 e. The molecule has 0 amide bonds. The van der Waals surface area contributed by atoms with Gasteiger partial charge in [0.05, 0.1) is 5.92 Å². The number of esters is 1. The summed E-state index contributed by atoms with van der Waals surface area (Å²) in [6, 6.07) is 2.08. The molecule has 2 unspecified atom stereocenters. The van der Waals surface area contributed by atoms with E-state index < -0.39 is 0 Å². The van der Waals surface area contributed by atoms with Crippen LogP contribution in [0, 0.1) is 5.92 Å². The molecule has 2 atom stereocenters. The molecular formula is C9H8O2S. The Morgan fingerprint density at radius 3 is 3.42 bits per heavy atom. The fourth-order valence-corrected chi connectivity index (χ4v) is 3.04. The summed E-state index contributed by atoms with van der Waals surface area (Å²) in [4.78, 5) is 12.6. The van der Waals surface area contributed by atoms with Crippen LogP contribution in [0.5, 0.6) is 0 Å². The van der Waals surface area contributed by atoms with E-state index in [0.717, 1.165) is 12.8 Å². The number of hydrogen-bond donors (Lipinski definition) is 0. The van der Waals surface area contributed by atoms with Gasteiger partial charge in [-0.3, -0.25) is 4.79 Å². The van der Waals surface area contributed by atoms with Crippen LogP contribution in [0.25, 0.3) is 0 Å². The van der Waals surface area contributed by atoms with Crippen molar-refractivity contribution in [2.45, 2.75) is 18.9 Å². The summed E-state index contributed by atoms with van der Waals surface area (Å²) >= 11 is 1.74. The lowest BCUT2D eigenvalue weighted by atomic mass is 9.90. The Balaban J connectivity index is 2.12. The van der Waals surface area contributed by atoms with Crippen LogP contribution in [0.2, 0.25) is 0 Å². The van der Waals surface area contributed by atoms with Crippen molar-refractivity contribution in [3.63, 3.8) is 0 Å². The first-order chi connectivity index (χ1) is 5.84. The van der Waals surface area contributed by atoms with Crippen LogP contribution in [0.15, 0.2) is 11.4 Å². The summed E-state index contributed by atoms with van der Waals surface area (Å²) < 4.78 is 5.24. The Hall–Kier alpha value is -0.830. The van der Waals surface area contributed by atoms with Crippen LogP contribution in [0.4, 0.5) is 0 Å². The van der Waals surface area contributed by atoms with Gasteiger partial charge in [0, 0.05) is 16.9 Å². The first-order valence-corrected chi connectivity index (χ1v) is 4.99. The van der Waals surface area contributed by atoms with E-state index in [0.29, 0.717) is 0 Å². The number of fused-ring (bicyclic) bond motifs is 4. The second-order valence-corrected chi connectivity index (χ2v) is 4.36. The van der Waals surface area contributed by atoms with Gasteiger partial charge in [-0.15, -0.1) is 11.3 Å². The smallest absolute Gasteiger partial charge is 0.310 e. The van der Waals surface area contributed by atoms with E-state index in [9.17, 15) is 4.79 Å². The van der Waals surface area contributed by atoms with Crippen molar-refractivity contribution in [1.82, 2.24) is 0 Å². The van der Waals surface area contributed by atoms with E-state index in [-0.39, 0.29) is 18.0 Å². The Morgan fingerprint density at radius 1 is 1.58 bits per heavy atom. The van der Waals surface area contributed by atoms with Gasteiger partial charge in [0.2, 0.25) is 0 Å². The zero-order chi connectivity index (χ0) is 8.13. The second-order valence-electron chi connectivity index (χ2n) is 3.36. The molecule has 1 aromatic heterocycles. The maximum absolute atomic E-state index is 11.2. The van der Waals surface area contributed by atoms with Crippen LogP contribution in [0.1, 0.15) is 23.0 Å². The summed E-state index contributed by atoms with van der Waals surface area (Å²) in [6.07, 6.45) is 1.89. The van der Waals surface area contributed by atoms with E-state index in [4.69, 9.17) is 4.74 Å². The lowest BCUT2D eigenvalue weighted by molar-refractivity contribution is -0.144. The molecular weight excluding hydrogens is 172 g/mol. The molecule has 1 aromatic rings. The molecule has 0 saturated carbocycles. The van der Waals surface area contributed by atoms with Gasteiger partial charge in [-0.2, -0.15) is 0 Å². The molecule has 3 heteroatoms. The van der Waals surface area contributed by atoms with E-state index in [1.807, 2.05) is 0 Å². The summed E-state index contributed by atoms with van der Waals surface area (Å²) in [5.74, 6) is 0.157. The molecule has 1 fully saturated rings. The summed E-state index contributed by atoms with van der Waals surface area (Å²) in [7, 11) is 0. The van der Waals surface area contributed by atoms with Gasteiger partial charge in [0.1, 0.15) is 6.10 Å². The molecule has 1 aliphatic carbocycles. The van der Waals surface area contributed by atoms with Crippen LogP contribution < -0.4 is 0 Å². The summed E-state index contributed by atoms with van der Waals surface area (Å²) in [6.45, 7) is 0. The maximum atomic E-state index is 11.2. The zero-order valence-corrected chi connectivity index (χ0v) is 7.26. The molecule has 2 nitrogen and oxygen atoms in total. The molecule has 3 rings (SSSR count). The minimum absolute atomic E-state index is 0.00315. The van der Waals surface area contributed by atoms with E-state index in [1.165, 1.54) is 10.4 Å². The molecule has 0 aromatic carbocycles. The lowest BCUT2D eigenvalue weighted by Crippen LogP contribution is -2.11. The molecule has 2 bridgehead atoms. The van der Waals surface area contributed by atoms with Crippen molar-refractivity contribution >= 4 is 17.3 Å². The standard InChI is InChI=1S/C9H8O2S/c10-9-5-3-7(11-9)6-1-2-12-8(6)4-5/h1-2,5,7H,3-4H2. The number of carbonyl (C=O) groups excluding carboxylic acids is 1. The Kier molecular flexibility index (Phi) is 1.17.